The number of imide groups is 1. The van der Waals surface area contributed by atoms with Crippen LogP contribution in [0.2, 0.25) is 0 Å². The molecule has 1 N–H and O–H groups in total. The number of amides is 3. The van der Waals surface area contributed by atoms with E-state index in [1.165, 1.54) is 11.3 Å². The van der Waals surface area contributed by atoms with Crippen molar-refractivity contribution in [2.45, 2.75) is 20.1 Å². The number of carbonyl (C=O) groups excluding carboxylic acids is 3. The van der Waals surface area contributed by atoms with Crippen LogP contribution >= 0.6 is 11.3 Å². The van der Waals surface area contributed by atoms with Gasteiger partial charge >= 0.3 is 12.0 Å². The van der Waals surface area contributed by atoms with Crippen LogP contribution in [0.1, 0.15) is 27.4 Å². The molecule has 29 heavy (non-hydrogen) atoms. The third kappa shape index (κ3) is 4.04. The van der Waals surface area contributed by atoms with Gasteiger partial charge in [-0.25, -0.2) is 14.6 Å². The Morgan fingerprint density at radius 3 is 2.72 bits per heavy atom. The molecule has 3 heterocycles. The largest absolute Gasteiger partial charge is 0.455 e. The first-order chi connectivity index (χ1) is 14.0. The van der Waals surface area contributed by atoms with Crippen LogP contribution in [0.15, 0.2) is 46.2 Å². The summed E-state index contributed by atoms with van der Waals surface area (Å²) in [6.45, 7) is 1.95. The van der Waals surface area contributed by atoms with E-state index in [-0.39, 0.29) is 25.6 Å². The average molecular weight is 411 g/mol. The molecule has 0 radical (unpaired) electrons. The Labute approximate surface area is 170 Å². The van der Waals surface area contributed by atoms with Crippen molar-refractivity contribution in [1.82, 2.24) is 15.2 Å². The van der Waals surface area contributed by atoms with Crippen molar-refractivity contribution in [3.8, 4) is 10.8 Å². The monoisotopic (exact) mass is 411 g/mol. The summed E-state index contributed by atoms with van der Waals surface area (Å²) in [6, 6.07) is 9.98. The van der Waals surface area contributed by atoms with Crippen LogP contribution in [0.5, 0.6) is 0 Å². The van der Waals surface area contributed by atoms with Crippen molar-refractivity contribution in [2.24, 2.45) is 0 Å². The minimum atomic E-state index is -0.494. The molecule has 0 bridgehead atoms. The Kier molecular flexibility index (Phi) is 5.13. The summed E-state index contributed by atoms with van der Waals surface area (Å²) in [5.74, 6) is 0.341. The van der Waals surface area contributed by atoms with Gasteiger partial charge in [0.05, 0.1) is 23.5 Å². The molecule has 1 aliphatic heterocycles. The zero-order valence-electron chi connectivity index (χ0n) is 15.5. The van der Waals surface area contributed by atoms with Crippen molar-refractivity contribution >= 4 is 29.2 Å². The molecule has 9 heteroatoms. The highest BCUT2D eigenvalue weighted by Gasteiger charge is 2.28. The molecular weight excluding hydrogens is 394 g/mol. The lowest BCUT2D eigenvalue weighted by Crippen LogP contribution is -2.30. The van der Waals surface area contributed by atoms with Gasteiger partial charge in [0.15, 0.2) is 0 Å². The Morgan fingerprint density at radius 2 is 2.07 bits per heavy atom. The van der Waals surface area contributed by atoms with Gasteiger partial charge in [-0.2, -0.15) is 0 Å². The number of hydrogen-bond donors (Lipinski definition) is 1. The van der Waals surface area contributed by atoms with E-state index in [1.807, 2.05) is 17.5 Å². The third-order valence-corrected chi connectivity index (χ3v) is 5.29. The molecule has 0 spiro atoms. The van der Waals surface area contributed by atoms with Crippen LogP contribution in [0.4, 0.5) is 4.79 Å². The summed E-state index contributed by atoms with van der Waals surface area (Å²) < 4.78 is 11.0. The first-order valence-electron chi connectivity index (χ1n) is 8.85. The number of benzene rings is 1. The van der Waals surface area contributed by atoms with Gasteiger partial charge in [-0.15, -0.1) is 11.3 Å². The highest BCUT2D eigenvalue weighted by molar-refractivity contribution is 7.13. The topological polar surface area (TPSA) is 102 Å². The van der Waals surface area contributed by atoms with E-state index in [4.69, 9.17) is 9.15 Å². The fourth-order valence-corrected chi connectivity index (χ4v) is 3.48. The molecule has 3 amide bonds. The van der Waals surface area contributed by atoms with Crippen LogP contribution in [0.25, 0.3) is 10.8 Å². The lowest BCUT2D eigenvalue weighted by molar-refractivity contribution is -0.125. The van der Waals surface area contributed by atoms with E-state index in [9.17, 15) is 14.4 Å². The predicted molar refractivity (Wildman–Crippen MR) is 104 cm³/mol. The summed E-state index contributed by atoms with van der Waals surface area (Å²) in [5.41, 5.74) is 1.67. The van der Waals surface area contributed by atoms with E-state index in [1.54, 1.807) is 31.2 Å². The number of aromatic nitrogens is 1. The maximum atomic E-state index is 12.3. The molecule has 1 fully saturated rings. The van der Waals surface area contributed by atoms with Gasteiger partial charge in [0.1, 0.15) is 18.1 Å². The first kappa shape index (κ1) is 18.9. The summed E-state index contributed by atoms with van der Waals surface area (Å²) in [4.78, 5) is 42.0. The van der Waals surface area contributed by atoms with Gasteiger partial charge < -0.3 is 14.5 Å². The van der Waals surface area contributed by atoms with Crippen LogP contribution in [-0.4, -0.2) is 34.3 Å². The van der Waals surface area contributed by atoms with Crippen LogP contribution in [-0.2, 0) is 22.7 Å². The second-order valence-corrected chi connectivity index (χ2v) is 7.36. The van der Waals surface area contributed by atoms with Gasteiger partial charge in [0.2, 0.25) is 11.8 Å². The number of carbonyl (C=O) groups is 3. The van der Waals surface area contributed by atoms with E-state index in [2.05, 4.69) is 10.3 Å². The number of oxazole rings is 1. The molecule has 0 unspecified atom stereocenters. The number of nitrogens with zero attached hydrogens (tertiary/aromatic N) is 2. The minimum absolute atomic E-state index is 0.00371. The number of aryl methyl sites for hydroxylation is 1. The zero-order chi connectivity index (χ0) is 20.4. The number of thiophene rings is 1. The molecule has 3 aromatic rings. The summed E-state index contributed by atoms with van der Waals surface area (Å²) in [7, 11) is 0. The summed E-state index contributed by atoms with van der Waals surface area (Å²) in [5, 5.41) is 4.40. The molecule has 0 aliphatic carbocycles. The van der Waals surface area contributed by atoms with Crippen LogP contribution < -0.4 is 5.32 Å². The summed E-state index contributed by atoms with van der Waals surface area (Å²) in [6.07, 6.45) is 0. The Balaban J connectivity index is 1.37. The van der Waals surface area contributed by atoms with Gasteiger partial charge in [0.25, 0.3) is 0 Å². The normalized spacial score (nSPS) is 13.6. The fraction of sp³-hybridized carbons (Fsp3) is 0.200. The molecule has 0 atom stereocenters. The predicted octanol–water partition coefficient (Wildman–Crippen LogP) is 3.12. The molecule has 148 valence electrons. The Morgan fingerprint density at radius 1 is 1.28 bits per heavy atom. The van der Waals surface area contributed by atoms with Gasteiger partial charge in [-0.1, -0.05) is 18.2 Å². The van der Waals surface area contributed by atoms with Crippen molar-refractivity contribution in [3.05, 3.63) is 64.4 Å². The molecule has 4 rings (SSSR count). The lowest BCUT2D eigenvalue weighted by atomic mass is 10.1. The van der Waals surface area contributed by atoms with Gasteiger partial charge in [-0.05, 0) is 36.1 Å². The maximum absolute atomic E-state index is 12.3. The van der Waals surface area contributed by atoms with Gasteiger partial charge in [-0.3, -0.25) is 9.69 Å². The molecule has 8 nitrogen and oxygen atoms in total. The molecule has 1 aromatic carbocycles. The quantitative estimate of drug-likeness (QED) is 0.494. The van der Waals surface area contributed by atoms with Crippen molar-refractivity contribution < 1.29 is 23.5 Å². The minimum Gasteiger partial charge on any atom is -0.455 e. The number of ether oxygens (including phenoxy) is 1. The van der Waals surface area contributed by atoms with E-state index < -0.39 is 12.0 Å². The van der Waals surface area contributed by atoms with Crippen molar-refractivity contribution in [3.63, 3.8) is 0 Å². The van der Waals surface area contributed by atoms with Crippen molar-refractivity contribution in [2.75, 3.05) is 6.54 Å². The van der Waals surface area contributed by atoms with Crippen molar-refractivity contribution in [1.29, 1.82) is 0 Å². The average Bonchev–Trinajstić information content (AvgIpc) is 3.44. The van der Waals surface area contributed by atoms with Crippen LogP contribution in [0.3, 0.4) is 0 Å². The Hall–Kier alpha value is -3.46. The molecule has 2 aromatic heterocycles. The molecule has 0 saturated carbocycles. The molecular formula is C20H17N3O5S. The highest BCUT2D eigenvalue weighted by atomic mass is 32.1. The Bertz CT molecular complexity index is 1040. The fourth-order valence-electron chi connectivity index (χ4n) is 2.83. The second-order valence-electron chi connectivity index (χ2n) is 6.41. The summed E-state index contributed by atoms with van der Waals surface area (Å²) >= 11 is 1.52. The smallest absolute Gasteiger partial charge is 0.338 e. The number of esters is 1. The van der Waals surface area contributed by atoms with Gasteiger partial charge in [0, 0.05) is 0 Å². The van der Waals surface area contributed by atoms with Crippen LogP contribution in [0, 0.1) is 6.92 Å². The van der Waals surface area contributed by atoms with E-state index in [0.29, 0.717) is 22.9 Å². The number of nitrogens with one attached hydrogen (secondary N) is 1. The SMILES string of the molecule is Cc1oc(-c2cccs2)nc1COC(=O)c1ccc(CN2C(=O)CNC2=O)cc1. The second kappa shape index (κ2) is 7.88. The first-order valence-corrected chi connectivity index (χ1v) is 9.73. The zero-order valence-corrected chi connectivity index (χ0v) is 16.3. The standard InChI is InChI=1S/C20H17N3O5S/c1-12-15(22-18(28-12)16-3-2-8-29-16)11-27-19(25)14-6-4-13(5-7-14)10-23-17(24)9-21-20(23)26/h2-8H,9-11H2,1H3,(H,21,26). The third-order valence-electron chi connectivity index (χ3n) is 4.43. The van der Waals surface area contributed by atoms with E-state index >= 15 is 0 Å². The molecule has 1 saturated heterocycles. The highest BCUT2D eigenvalue weighted by Crippen LogP contribution is 2.26. The number of urea groups is 1. The van der Waals surface area contributed by atoms with E-state index in [0.717, 1.165) is 15.3 Å². The maximum Gasteiger partial charge on any atom is 0.338 e. The lowest BCUT2D eigenvalue weighted by Gasteiger charge is -2.12. The molecule has 1 aliphatic rings. The number of rotatable bonds is 6. The number of hydrogen-bond acceptors (Lipinski definition) is 7.